The molecule has 2 rings (SSSR count). The molecule has 0 radical (unpaired) electrons. The van der Waals surface area contributed by atoms with Crippen LogP contribution in [0.15, 0.2) is 20.4 Å². The smallest absolute Gasteiger partial charge is 0.227 e. The lowest BCUT2D eigenvalue weighted by molar-refractivity contribution is 0.369. The largest absolute Gasteiger partial charge is 0.339 e. The van der Waals surface area contributed by atoms with Gasteiger partial charge in [0.25, 0.3) is 0 Å². The summed E-state index contributed by atoms with van der Waals surface area (Å²) in [4.78, 5) is 5.41. The maximum atomic E-state index is 5.23. The second-order valence-electron chi connectivity index (χ2n) is 3.87. The summed E-state index contributed by atoms with van der Waals surface area (Å²) in [5.74, 6) is 1.37. The van der Waals surface area contributed by atoms with Crippen molar-refractivity contribution in [3.8, 4) is 10.7 Å². The predicted molar refractivity (Wildman–Crippen MR) is 72.2 cm³/mol. The molecular formula is C11H14BrN3OS. The van der Waals surface area contributed by atoms with Crippen molar-refractivity contribution in [1.29, 1.82) is 0 Å². The molecule has 1 atom stereocenters. The summed E-state index contributed by atoms with van der Waals surface area (Å²) in [6.07, 6.45) is 1.80. The number of hydrogen-bond donors (Lipinski definition) is 1. The Morgan fingerprint density at radius 2 is 2.41 bits per heavy atom. The Hall–Kier alpha value is -0.720. The van der Waals surface area contributed by atoms with Crippen LogP contribution in [-0.2, 0) is 6.42 Å². The van der Waals surface area contributed by atoms with Gasteiger partial charge < -0.3 is 9.84 Å². The van der Waals surface area contributed by atoms with Gasteiger partial charge in [0, 0.05) is 22.3 Å². The van der Waals surface area contributed by atoms with Crippen molar-refractivity contribution >= 4 is 27.3 Å². The van der Waals surface area contributed by atoms with Crippen LogP contribution < -0.4 is 5.32 Å². The Morgan fingerprint density at radius 1 is 1.59 bits per heavy atom. The van der Waals surface area contributed by atoms with Gasteiger partial charge in [0.1, 0.15) is 0 Å². The van der Waals surface area contributed by atoms with Crippen LogP contribution in [0.1, 0.15) is 19.2 Å². The molecule has 0 fully saturated rings. The van der Waals surface area contributed by atoms with Crippen molar-refractivity contribution in [2.75, 3.05) is 7.05 Å². The second kappa shape index (κ2) is 5.75. The Kier molecular flexibility index (Phi) is 4.31. The molecule has 0 bridgehead atoms. The minimum Gasteiger partial charge on any atom is -0.339 e. The Balaban J connectivity index is 2.01. The molecule has 0 aromatic carbocycles. The van der Waals surface area contributed by atoms with Gasteiger partial charge in [-0.2, -0.15) is 4.98 Å². The van der Waals surface area contributed by atoms with E-state index in [1.54, 1.807) is 11.3 Å². The first kappa shape index (κ1) is 12.7. The highest BCUT2D eigenvalue weighted by Crippen LogP contribution is 2.27. The summed E-state index contributed by atoms with van der Waals surface area (Å²) in [7, 11) is 1.95. The van der Waals surface area contributed by atoms with E-state index in [0.29, 0.717) is 17.8 Å². The average molecular weight is 316 g/mol. The van der Waals surface area contributed by atoms with Crippen LogP contribution in [0, 0.1) is 0 Å². The molecule has 2 aromatic rings. The average Bonchev–Trinajstić information content (AvgIpc) is 2.94. The molecule has 0 amide bonds. The predicted octanol–water partition coefficient (Wildman–Crippen LogP) is 3.10. The maximum Gasteiger partial charge on any atom is 0.227 e. The standard InChI is InChI=1S/C11H14BrN3OS/c1-7(13-2)3-4-10-14-11(15-16-10)9-5-8(12)6-17-9/h5-7,13H,3-4H2,1-2H3. The Bertz CT molecular complexity index is 483. The highest BCUT2D eigenvalue weighted by molar-refractivity contribution is 9.10. The van der Waals surface area contributed by atoms with Gasteiger partial charge in [0.15, 0.2) is 0 Å². The minimum atomic E-state index is 0.459. The van der Waals surface area contributed by atoms with E-state index in [9.17, 15) is 0 Å². The van der Waals surface area contributed by atoms with Crippen molar-refractivity contribution < 1.29 is 4.52 Å². The Morgan fingerprint density at radius 3 is 3.06 bits per heavy atom. The van der Waals surface area contributed by atoms with E-state index in [1.165, 1.54) is 0 Å². The summed E-state index contributed by atoms with van der Waals surface area (Å²) >= 11 is 5.01. The van der Waals surface area contributed by atoms with Crippen molar-refractivity contribution in [3.63, 3.8) is 0 Å². The third kappa shape index (κ3) is 3.37. The van der Waals surface area contributed by atoms with E-state index >= 15 is 0 Å². The quantitative estimate of drug-likeness (QED) is 0.921. The number of aryl methyl sites for hydroxylation is 1. The fourth-order valence-electron chi connectivity index (χ4n) is 1.37. The number of aromatic nitrogens is 2. The molecule has 4 nitrogen and oxygen atoms in total. The van der Waals surface area contributed by atoms with Crippen LogP contribution in [0.5, 0.6) is 0 Å². The molecule has 92 valence electrons. The summed E-state index contributed by atoms with van der Waals surface area (Å²) < 4.78 is 6.27. The summed E-state index contributed by atoms with van der Waals surface area (Å²) in [6.45, 7) is 2.13. The molecule has 2 aromatic heterocycles. The molecule has 0 aliphatic rings. The van der Waals surface area contributed by atoms with Gasteiger partial charge in [0.05, 0.1) is 4.88 Å². The van der Waals surface area contributed by atoms with Crippen LogP contribution in [0.3, 0.4) is 0 Å². The minimum absolute atomic E-state index is 0.459. The Labute approximate surface area is 113 Å². The summed E-state index contributed by atoms with van der Waals surface area (Å²) in [5.41, 5.74) is 0. The van der Waals surface area contributed by atoms with Crippen molar-refractivity contribution in [3.05, 3.63) is 21.8 Å². The lowest BCUT2D eigenvalue weighted by atomic mass is 10.2. The SMILES string of the molecule is CNC(C)CCc1nc(-c2cc(Br)cs2)no1. The molecule has 0 aliphatic heterocycles. The van der Waals surface area contributed by atoms with E-state index in [-0.39, 0.29) is 0 Å². The van der Waals surface area contributed by atoms with Crippen molar-refractivity contribution in [1.82, 2.24) is 15.5 Å². The van der Waals surface area contributed by atoms with E-state index in [0.717, 1.165) is 22.2 Å². The number of thiophene rings is 1. The molecule has 6 heteroatoms. The molecule has 17 heavy (non-hydrogen) atoms. The van der Waals surface area contributed by atoms with Crippen molar-refractivity contribution in [2.45, 2.75) is 25.8 Å². The van der Waals surface area contributed by atoms with Gasteiger partial charge in [-0.25, -0.2) is 0 Å². The topological polar surface area (TPSA) is 51.0 Å². The molecule has 0 saturated heterocycles. The number of halogens is 1. The zero-order valence-electron chi connectivity index (χ0n) is 9.74. The van der Waals surface area contributed by atoms with Gasteiger partial charge in [-0.15, -0.1) is 11.3 Å². The molecule has 0 aliphatic carbocycles. The third-order valence-corrected chi connectivity index (χ3v) is 4.23. The van der Waals surface area contributed by atoms with E-state index < -0.39 is 0 Å². The highest BCUT2D eigenvalue weighted by atomic mass is 79.9. The fourth-order valence-corrected chi connectivity index (χ4v) is 2.72. The van der Waals surface area contributed by atoms with E-state index in [1.807, 2.05) is 18.5 Å². The molecule has 0 spiro atoms. The number of nitrogens with zero attached hydrogens (tertiary/aromatic N) is 2. The summed E-state index contributed by atoms with van der Waals surface area (Å²) in [6, 6.07) is 2.46. The van der Waals surface area contributed by atoms with Crippen LogP contribution >= 0.6 is 27.3 Å². The van der Waals surface area contributed by atoms with Gasteiger partial charge in [0.2, 0.25) is 11.7 Å². The second-order valence-corrected chi connectivity index (χ2v) is 5.70. The van der Waals surface area contributed by atoms with E-state index in [2.05, 4.69) is 38.3 Å². The molecule has 1 unspecified atom stereocenters. The maximum absolute atomic E-state index is 5.23. The van der Waals surface area contributed by atoms with Gasteiger partial charge in [-0.05, 0) is 42.4 Å². The molecule has 0 saturated carbocycles. The third-order valence-electron chi connectivity index (χ3n) is 2.54. The van der Waals surface area contributed by atoms with Gasteiger partial charge in [-0.1, -0.05) is 5.16 Å². The molecule has 2 heterocycles. The van der Waals surface area contributed by atoms with Crippen LogP contribution in [0.2, 0.25) is 0 Å². The number of hydrogen-bond acceptors (Lipinski definition) is 5. The van der Waals surface area contributed by atoms with E-state index in [4.69, 9.17) is 4.52 Å². The molecular weight excluding hydrogens is 302 g/mol. The van der Waals surface area contributed by atoms with Crippen molar-refractivity contribution in [2.24, 2.45) is 0 Å². The lowest BCUT2D eigenvalue weighted by Crippen LogP contribution is -2.21. The van der Waals surface area contributed by atoms with Crippen LogP contribution in [-0.4, -0.2) is 23.2 Å². The fraction of sp³-hybridized carbons (Fsp3) is 0.455. The van der Waals surface area contributed by atoms with Crippen LogP contribution in [0.25, 0.3) is 10.7 Å². The zero-order chi connectivity index (χ0) is 12.3. The lowest BCUT2D eigenvalue weighted by Gasteiger charge is -2.06. The zero-order valence-corrected chi connectivity index (χ0v) is 12.1. The van der Waals surface area contributed by atoms with Gasteiger partial charge in [-0.3, -0.25) is 0 Å². The number of nitrogens with one attached hydrogen (secondary N) is 1. The first-order valence-corrected chi connectivity index (χ1v) is 7.10. The summed E-state index contributed by atoms with van der Waals surface area (Å²) in [5, 5.41) is 9.18. The number of rotatable bonds is 5. The first-order valence-electron chi connectivity index (χ1n) is 5.43. The molecule has 1 N–H and O–H groups in total. The van der Waals surface area contributed by atoms with Crippen LogP contribution in [0.4, 0.5) is 0 Å². The van der Waals surface area contributed by atoms with Gasteiger partial charge >= 0.3 is 0 Å². The highest BCUT2D eigenvalue weighted by Gasteiger charge is 2.11. The monoisotopic (exact) mass is 315 g/mol. The first-order chi connectivity index (χ1) is 8.19. The normalized spacial score (nSPS) is 12.9.